The monoisotopic (exact) mass is 485 g/mol. The molecule has 6 heteroatoms. The fourth-order valence-corrected chi connectivity index (χ4v) is 5.36. The van der Waals surface area contributed by atoms with Gasteiger partial charge in [0.25, 0.3) is 5.56 Å². The van der Waals surface area contributed by atoms with Crippen LogP contribution in [0.4, 0.5) is 0 Å². The van der Waals surface area contributed by atoms with Crippen LogP contribution in [0.3, 0.4) is 0 Å². The standard InChI is InChI=1S/C31H27N5O/c1-34-17-15-25(16-18-34)36-29-14-8-7-13-28(29)33-30(36)23-19-27(26-12-6-5-9-22(26)20-32)31(37)35(21-23)24-10-3-2-4-11-24/h2-14,19,21,25H,15-18H2,1H3. The van der Waals surface area contributed by atoms with Gasteiger partial charge in [-0.2, -0.15) is 5.26 Å². The Morgan fingerprint density at radius 1 is 0.892 bits per heavy atom. The van der Waals surface area contributed by atoms with Crippen LogP contribution < -0.4 is 5.56 Å². The van der Waals surface area contributed by atoms with Crippen molar-refractivity contribution in [2.75, 3.05) is 20.1 Å². The van der Waals surface area contributed by atoms with Gasteiger partial charge in [-0.15, -0.1) is 0 Å². The molecule has 182 valence electrons. The van der Waals surface area contributed by atoms with Gasteiger partial charge in [0.1, 0.15) is 5.82 Å². The molecule has 0 atom stereocenters. The minimum absolute atomic E-state index is 0.167. The Bertz CT molecular complexity index is 1680. The average Bonchev–Trinajstić information content (AvgIpc) is 3.34. The zero-order valence-electron chi connectivity index (χ0n) is 20.7. The van der Waals surface area contributed by atoms with Gasteiger partial charge in [-0.05, 0) is 69.4 Å². The molecule has 1 aliphatic heterocycles. The fraction of sp³-hybridized carbons (Fsp3) is 0.194. The summed E-state index contributed by atoms with van der Waals surface area (Å²) in [6.07, 6.45) is 3.96. The number of para-hydroxylation sites is 3. The number of aromatic nitrogens is 3. The van der Waals surface area contributed by atoms with Gasteiger partial charge in [-0.25, -0.2) is 4.98 Å². The van der Waals surface area contributed by atoms with Crippen LogP contribution in [-0.2, 0) is 0 Å². The van der Waals surface area contributed by atoms with Crippen molar-refractivity contribution in [3.63, 3.8) is 0 Å². The van der Waals surface area contributed by atoms with Crippen LogP contribution >= 0.6 is 0 Å². The van der Waals surface area contributed by atoms with E-state index < -0.39 is 0 Å². The van der Waals surface area contributed by atoms with Crippen LogP contribution in [0.15, 0.2) is 95.9 Å². The summed E-state index contributed by atoms with van der Waals surface area (Å²) in [6, 6.07) is 29.6. The van der Waals surface area contributed by atoms with E-state index in [1.165, 1.54) is 0 Å². The minimum Gasteiger partial charge on any atom is -0.321 e. The molecule has 0 N–H and O–H groups in total. The Hall–Kier alpha value is -4.47. The number of likely N-dealkylation sites (tertiary alicyclic amines) is 1. The van der Waals surface area contributed by atoms with Crippen molar-refractivity contribution in [1.82, 2.24) is 19.0 Å². The fourth-order valence-electron chi connectivity index (χ4n) is 5.36. The third kappa shape index (κ3) is 4.14. The predicted octanol–water partition coefficient (Wildman–Crippen LogP) is 5.66. The Morgan fingerprint density at radius 2 is 1.59 bits per heavy atom. The normalized spacial score (nSPS) is 14.6. The minimum atomic E-state index is -0.167. The first kappa shape index (κ1) is 23.0. The van der Waals surface area contributed by atoms with E-state index in [0.29, 0.717) is 22.7 Å². The molecule has 0 radical (unpaired) electrons. The van der Waals surface area contributed by atoms with Crippen molar-refractivity contribution in [2.45, 2.75) is 18.9 Å². The van der Waals surface area contributed by atoms with Gasteiger partial charge in [0.15, 0.2) is 0 Å². The van der Waals surface area contributed by atoms with Gasteiger partial charge < -0.3 is 9.47 Å². The largest absolute Gasteiger partial charge is 0.321 e. The molecule has 6 nitrogen and oxygen atoms in total. The summed E-state index contributed by atoms with van der Waals surface area (Å²) in [5, 5.41) is 9.80. The van der Waals surface area contributed by atoms with E-state index in [9.17, 15) is 10.1 Å². The second-order valence-corrected chi connectivity index (χ2v) is 9.64. The first-order valence-electron chi connectivity index (χ1n) is 12.6. The molecular formula is C31H27N5O. The molecule has 0 amide bonds. The maximum Gasteiger partial charge on any atom is 0.263 e. The second-order valence-electron chi connectivity index (χ2n) is 9.64. The Labute approximate surface area is 215 Å². The van der Waals surface area contributed by atoms with Crippen molar-refractivity contribution in [3.05, 3.63) is 107 Å². The topological polar surface area (TPSA) is 66.8 Å². The third-order valence-corrected chi connectivity index (χ3v) is 7.30. The van der Waals surface area contributed by atoms with Crippen LogP contribution in [0.2, 0.25) is 0 Å². The molecule has 0 saturated carbocycles. The number of nitrogens with zero attached hydrogens (tertiary/aromatic N) is 5. The number of piperidine rings is 1. The lowest BCUT2D eigenvalue weighted by molar-refractivity contribution is 0.224. The third-order valence-electron chi connectivity index (χ3n) is 7.30. The average molecular weight is 486 g/mol. The van der Waals surface area contributed by atoms with Crippen molar-refractivity contribution in [1.29, 1.82) is 5.26 Å². The van der Waals surface area contributed by atoms with E-state index in [1.54, 1.807) is 10.6 Å². The van der Waals surface area contributed by atoms with Crippen molar-refractivity contribution >= 4 is 11.0 Å². The zero-order valence-corrected chi connectivity index (χ0v) is 20.7. The highest BCUT2D eigenvalue weighted by Gasteiger charge is 2.25. The molecule has 37 heavy (non-hydrogen) atoms. The summed E-state index contributed by atoms with van der Waals surface area (Å²) in [6.45, 7) is 2.06. The van der Waals surface area contributed by atoms with E-state index in [4.69, 9.17) is 4.98 Å². The first-order chi connectivity index (χ1) is 18.1. The van der Waals surface area contributed by atoms with Crippen LogP contribution in [0.1, 0.15) is 24.4 Å². The van der Waals surface area contributed by atoms with Crippen LogP contribution in [0, 0.1) is 11.3 Å². The lowest BCUT2D eigenvalue weighted by Gasteiger charge is -2.31. The van der Waals surface area contributed by atoms with Gasteiger partial charge in [-0.3, -0.25) is 9.36 Å². The highest BCUT2D eigenvalue weighted by Crippen LogP contribution is 2.34. The molecule has 3 heterocycles. The second kappa shape index (κ2) is 9.53. The van der Waals surface area contributed by atoms with Crippen LogP contribution in [0.25, 0.3) is 39.2 Å². The summed E-state index contributed by atoms with van der Waals surface area (Å²) < 4.78 is 4.04. The highest BCUT2D eigenvalue weighted by molar-refractivity contribution is 5.82. The molecule has 1 aliphatic rings. The summed E-state index contributed by atoms with van der Waals surface area (Å²) in [4.78, 5) is 21.3. The van der Waals surface area contributed by atoms with E-state index in [2.05, 4.69) is 34.7 Å². The molecule has 0 spiro atoms. The SMILES string of the molecule is CN1CCC(n2c(-c3cc(-c4ccccc4C#N)c(=O)n(-c4ccccc4)c3)nc3ccccc32)CC1. The van der Waals surface area contributed by atoms with Crippen molar-refractivity contribution < 1.29 is 0 Å². The van der Waals surface area contributed by atoms with E-state index in [-0.39, 0.29) is 5.56 Å². The van der Waals surface area contributed by atoms with Crippen LogP contribution in [-0.4, -0.2) is 39.2 Å². The molecule has 1 saturated heterocycles. The summed E-state index contributed by atoms with van der Waals surface area (Å²) in [5.74, 6) is 0.844. The number of benzene rings is 3. The van der Waals surface area contributed by atoms with Gasteiger partial charge in [0, 0.05) is 34.6 Å². The van der Waals surface area contributed by atoms with E-state index in [0.717, 1.165) is 54.0 Å². The molecule has 5 aromatic rings. The number of pyridine rings is 1. The van der Waals surface area contributed by atoms with Gasteiger partial charge in [0.05, 0.1) is 22.7 Å². The number of hydrogen-bond acceptors (Lipinski definition) is 4. The molecule has 1 fully saturated rings. The quantitative estimate of drug-likeness (QED) is 0.329. The number of hydrogen-bond donors (Lipinski definition) is 0. The Kier molecular flexibility index (Phi) is 5.91. The Morgan fingerprint density at radius 3 is 2.38 bits per heavy atom. The van der Waals surface area contributed by atoms with Gasteiger partial charge in [-0.1, -0.05) is 48.5 Å². The number of fused-ring (bicyclic) bond motifs is 1. The van der Waals surface area contributed by atoms with E-state index >= 15 is 0 Å². The maximum atomic E-state index is 13.8. The van der Waals surface area contributed by atoms with Gasteiger partial charge >= 0.3 is 0 Å². The van der Waals surface area contributed by atoms with Gasteiger partial charge in [0.2, 0.25) is 0 Å². The lowest BCUT2D eigenvalue weighted by Crippen LogP contribution is -2.31. The number of nitriles is 1. The molecule has 6 rings (SSSR count). The summed E-state index contributed by atoms with van der Waals surface area (Å²) >= 11 is 0. The molecule has 0 bridgehead atoms. The molecular weight excluding hydrogens is 458 g/mol. The first-order valence-corrected chi connectivity index (χ1v) is 12.6. The predicted molar refractivity (Wildman–Crippen MR) is 147 cm³/mol. The van der Waals surface area contributed by atoms with Crippen LogP contribution in [0.5, 0.6) is 0 Å². The van der Waals surface area contributed by atoms with Crippen molar-refractivity contribution in [2.24, 2.45) is 0 Å². The maximum absolute atomic E-state index is 13.8. The molecule has 2 aromatic heterocycles. The zero-order chi connectivity index (χ0) is 25.4. The Balaban J connectivity index is 1.64. The van der Waals surface area contributed by atoms with Crippen molar-refractivity contribution in [3.8, 4) is 34.3 Å². The molecule has 0 aliphatic carbocycles. The summed E-state index contributed by atoms with van der Waals surface area (Å²) in [7, 11) is 2.16. The van der Waals surface area contributed by atoms with E-state index in [1.807, 2.05) is 72.9 Å². The molecule has 3 aromatic carbocycles. The summed E-state index contributed by atoms with van der Waals surface area (Å²) in [5.41, 5.74) is 5.08. The smallest absolute Gasteiger partial charge is 0.263 e. The molecule has 0 unspecified atom stereocenters. The highest BCUT2D eigenvalue weighted by atomic mass is 16.1. The lowest BCUT2D eigenvalue weighted by atomic mass is 9.99. The number of rotatable bonds is 4. The number of imidazole rings is 1.